The molecule has 0 saturated carbocycles. The van der Waals surface area contributed by atoms with Gasteiger partial charge in [-0.05, 0) is 120 Å². The Kier molecular flexibility index (Phi) is 30.3. The van der Waals surface area contributed by atoms with E-state index in [1.165, 1.54) is 0 Å². The van der Waals surface area contributed by atoms with Gasteiger partial charge in [0, 0.05) is 35.5 Å². The Labute approximate surface area is 622 Å². The van der Waals surface area contributed by atoms with Crippen molar-refractivity contribution in [3.63, 3.8) is 0 Å². The van der Waals surface area contributed by atoms with Gasteiger partial charge in [-0.1, -0.05) is 184 Å². The van der Waals surface area contributed by atoms with Crippen molar-refractivity contribution in [1.82, 2.24) is 0 Å². The maximum atomic E-state index is 13.2. The van der Waals surface area contributed by atoms with E-state index in [9.17, 15) is 29.4 Å². The fourth-order valence-electron chi connectivity index (χ4n) is 14.3. The molecule has 6 aliphatic heterocycles. The van der Waals surface area contributed by atoms with E-state index in [0.29, 0.717) is 22.3 Å². The van der Waals surface area contributed by atoms with Gasteiger partial charge < -0.3 is 76.5 Å². The lowest BCUT2D eigenvalue weighted by Gasteiger charge is -2.50. The second kappa shape index (κ2) is 37.5. The fourth-order valence-corrected chi connectivity index (χ4v) is 14.4. The number of aliphatic hydroxyl groups excluding tert-OH is 2. The van der Waals surface area contributed by atoms with Crippen molar-refractivity contribution in [3.8, 4) is 0 Å². The normalized spacial score (nSPS) is 38.2. The number of hydrogen-bond donors (Lipinski definition) is 3. The first-order chi connectivity index (χ1) is 48.8. The van der Waals surface area contributed by atoms with E-state index in [0.717, 1.165) is 6.42 Å². The zero-order valence-electron chi connectivity index (χ0n) is 62.2. The van der Waals surface area contributed by atoms with Crippen LogP contribution in [0, 0.1) is 64.6 Å². The molecule has 4 aromatic rings. The van der Waals surface area contributed by atoms with Crippen LogP contribution in [0.3, 0.4) is 0 Å². The van der Waals surface area contributed by atoms with Gasteiger partial charge in [-0.3, -0.25) is 5.41 Å². The zero-order valence-corrected chi connectivity index (χ0v) is 64.4. The SMILES string of the molecule is CC1O[C@@H](OC(=N)C(Cl)(Cl)Cl)C(OC(=O)c2ccccc2)[C@@H](C)[C@H]1C.CC1O[C@@H](OC2[C@H](C)OC(CO)[C@@H](O[C@@H]3OC(C)[C@H](C)[C@H](C)C3OC(=O)c3ccccc3)[C@@H]2C)C(OC(=O)c2ccccc2)[C@@H](C)[C@H]1C.CCC1O[C@@H](C)C(O[C@@H]2OC(C)[C@H](C)[C@H](C)C2OC(=O)c2ccccc2)[C@@H](C)[C@@H]1O. The smallest absolute Gasteiger partial charge is 0.338 e. The summed E-state index contributed by atoms with van der Waals surface area (Å²) in [5.41, 5.74) is 1.80. The third-order valence-electron chi connectivity index (χ3n) is 22.3. The number of halogens is 3. The number of nitrogens with one attached hydrogen (secondary N) is 1. The van der Waals surface area contributed by atoms with Crippen LogP contribution in [0.1, 0.15) is 166 Å². The Bertz CT molecular complexity index is 3320. The molecule has 21 nitrogen and oxygen atoms in total. The first-order valence-electron chi connectivity index (χ1n) is 36.3. The minimum atomic E-state index is -2.02. The number of benzene rings is 4. The average Bonchev–Trinajstić information content (AvgIpc) is 0.784. The molecular weight excluding hydrogens is 1390 g/mol. The predicted octanol–water partition coefficient (Wildman–Crippen LogP) is 14.1. The van der Waals surface area contributed by atoms with Crippen LogP contribution in [0.15, 0.2) is 121 Å². The predicted molar refractivity (Wildman–Crippen MR) is 387 cm³/mol. The van der Waals surface area contributed by atoms with Crippen molar-refractivity contribution < 1.29 is 95.7 Å². The van der Waals surface area contributed by atoms with Crippen LogP contribution in [0.25, 0.3) is 0 Å². The molecule has 0 amide bonds. The van der Waals surface area contributed by atoms with Crippen LogP contribution in [0.4, 0.5) is 0 Å². The van der Waals surface area contributed by atoms with Crippen molar-refractivity contribution in [1.29, 1.82) is 5.41 Å². The highest BCUT2D eigenvalue weighted by Gasteiger charge is 2.54. The Morgan fingerprint density at radius 2 is 0.631 bits per heavy atom. The molecule has 12 unspecified atom stereocenters. The Balaban J connectivity index is 0.000000210. The number of esters is 4. The summed E-state index contributed by atoms with van der Waals surface area (Å²) in [4.78, 5) is 51.5. The van der Waals surface area contributed by atoms with Gasteiger partial charge in [0.1, 0.15) is 6.10 Å². The van der Waals surface area contributed by atoms with Crippen LogP contribution in [-0.4, -0.2) is 173 Å². The maximum Gasteiger partial charge on any atom is 0.338 e. The number of carbonyl (C=O) groups is 4. The number of rotatable bonds is 17. The molecule has 0 spiro atoms. The molecule has 30 atom stereocenters. The Morgan fingerprint density at radius 3 is 0.922 bits per heavy atom. The highest BCUT2D eigenvalue weighted by atomic mass is 35.6. The van der Waals surface area contributed by atoms with Gasteiger partial charge in [0.25, 0.3) is 3.79 Å². The van der Waals surface area contributed by atoms with Crippen LogP contribution in [0.5, 0.6) is 0 Å². The molecule has 6 saturated heterocycles. The van der Waals surface area contributed by atoms with Gasteiger partial charge in [-0.2, -0.15) is 0 Å². The largest absolute Gasteiger partial charge is 0.453 e. The van der Waals surface area contributed by atoms with Crippen LogP contribution in [0.2, 0.25) is 0 Å². The third kappa shape index (κ3) is 20.7. The van der Waals surface area contributed by atoms with Gasteiger partial charge in [0.2, 0.25) is 12.2 Å². The summed E-state index contributed by atoms with van der Waals surface area (Å²) >= 11 is 17.0. The van der Waals surface area contributed by atoms with E-state index in [-0.39, 0.29) is 109 Å². The minimum Gasteiger partial charge on any atom is -0.453 e. The number of hydrogen-bond acceptors (Lipinski definition) is 21. The Hall–Kier alpha value is -5.34. The molecule has 6 fully saturated rings. The lowest BCUT2D eigenvalue weighted by Crippen LogP contribution is -2.61. The van der Waals surface area contributed by atoms with Crippen molar-refractivity contribution in [2.75, 3.05) is 6.61 Å². The molecule has 0 radical (unpaired) electrons. The van der Waals surface area contributed by atoms with Gasteiger partial charge in [-0.15, -0.1) is 0 Å². The van der Waals surface area contributed by atoms with Crippen LogP contribution >= 0.6 is 34.8 Å². The second-order valence-electron chi connectivity index (χ2n) is 29.0. The third-order valence-corrected chi connectivity index (χ3v) is 22.8. The first-order valence-corrected chi connectivity index (χ1v) is 37.4. The second-order valence-corrected chi connectivity index (χ2v) is 31.2. The topological polar surface area (TPSA) is 262 Å². The molecule has 6 heterocycles. The van der Waals surface area contributed by atoms with E-state index in [4.69, 9.17) is 107 Å². The van der Waals surface area contributed by atoms with E-state index < -0.39 is 114 Å². The van der Waals surface area contributed by atoms with Crippen molar-refractivity contribution in [3.05, 3.63) is 144 Å². The van der Waals surface area contributed by atoms with Gasteiger partial charge in [0.05, 0.1) is 96.0 Å². The maximum absolute atomic E-state index is 13.2. The number of ether oxygens (including phenoxy) is 14. The molecule has 4 aromatic carbocycles. The highest BCUT2D eigenvalue weighted by Crippen LogP contribution is 2.43. The summed E-state index contributed by atoms with van der Waals surface area (Å²) in [5.74, 6) is -2.50. The van der Waals surface area contributed by atoms with Crippen LogP contribution in [-0.2, 0) is 66.3 Å². The van der Waals surface area contributed by atoms with Crippen LogP contribution < -0.4 is 0 Å². The molecule has 103 heavy (non-hydrogen) atoms. The summed E-state index contributed by atoms with van der Waals surface area (Å²) in [5, 5.41) is 28.8. The fraction of sp³-hybridized carbons (Fsp3) is 0.633. The minimum absolute atomic E-state index is 0.0416. The van der Waals surface area contributed by atoms with Gasteiger partial charge in [0.15, 0.2) is 43.3 Å². The summed E-state index contributed by atoms with van der Waals surface area (Å²) < 4.78 is 83.8. The number of carbonyl (C=O) groups excluding carboxylic acids is 4. The quantitative estimate of drug-likeness (QED) is 0.0292. The molecule has 0 aromatic heterocycles. The van der Waals surface area contributed by atoms with E-state index in [1.54, 1.807) is 91.0 Å². The first kappa shape index (κ1) is 83.3. The summed E-state index contributed by atoms with van der Waals surface area (Å²) in [6, 6.07) is 35.3. The molecule has 3 N–H and O–H groups in total. The summed E-state index contributed by atoms with van der Waals surface area (Å²) in [6.07, 6.45) is -9.76. The molecule has 24 heteroatoms. The monoisotopic (exact) mass is 1500 g/mol. The average molecular weight is 1500 g/mol. The lowest BCUT2D eigenvalue weighted by atomic mass is 9.83. The lowest BCUT2D eigenvalue weighted by molar-refractivity contribution is -0.341. The van der Waals surface area contributed by atoms with Gasteiger partial charge >= 0.3 is 23.9 Å². The molecule has 0 bridgehead atoms. The summed E-state index contributed by atoms with van der Waals surface area (Å²) in [6.45, 7) is 33.7. The Morgan fingerprint density at radius 1 is 0.359 bits per heavy atom. The van der Waals surface area contributed by atoms with Crippen molar-refractivity contribution in [2.24, 2.45) is 59.2 Å². The number of aliphatic hydroxyl groups is 2. The van der Waals surface area contributed by atoms with Crippen molar-refractivity contribution in [2.45, 2.75) is 251 Å². The van der Waals surface area contributed by atoms with Crippen molar-refractivity contribution >= 4 is 64.6 Å². The zero-order chi connectivity index (χ0) is 75.5. The highest BCUT2D eigenvalue weighted by molar-refractivity contribution is 6.76. The van der Waals surface area contributed by atoms with Gasteiger partial charge in [-0.25, -0.2) is 19.2 Å². The summed E-state index contributed by atoms with van der Waals surface area (Å²) in [7, 11) is 0. The van der Waals surface area contributed by atoms with E-state index in [2.05, 4.69) is 27.7 Å². The standard InChI is InChI=1S/C38H52O10.C24H36O6.C17H20Cl3NO4/c1-20-22(3)33(45-35(40)28-15-11-9-12-16-28)37(43-25(20)6)47-31-24(5)32(30(19-39)42-27(31)8)48-38-34(23(4)21(2)26(7)44-38)46-36(41)29-17-13-10-14-18-29;1-7-19-20(25)15(4)21(17(6)27-19)30-24-22(14(3)13(2)16(5)28-24)29-23(26)18-11-9-8-10-12-18;1-9-10(2)13(24-14(22)12-7-5-4-6-8-12)15(23-11(9)3)25-16(21)17(18,19)20/h9-18,20-27,30-34,37-39H,19H2,1-8H3;8-17,19-22,24-25H,7H2,1-6H3;4-11,13,15,21H,1-3H3/t20-,21-,22+,23+,24-,25?,26?,27+,30?,31?,32+,33?,34?,37+,38+;13-,14+,15+,16?,17+,19?,20+,21?,22?,24+;9-,10+,11?,13?,15+/m111/s1. The molecule has 10 rings (SSSR count). The molecule has 6 aliphatic rings. The molecular formula is C79H108Cl3NO20. The molecule has 570 valence electrons. The van der Waals surface area contributed by atoms with E-state index >= 15 is 0 Å². The molecule has 0 aliphatic carbocycles. The number of alkyl halides is 3. The van der Waals surface area contributed by atoms with E-state index in [1.807, 2.05) is 120 Å².